The largest absolute Gasteiger partial charge is 0.339 e. The van der Waals surface area contributed by atoms with E-state index in [0.29, 0.717) is 0 Å². The van der Waals surface area contributed by atoms with Crippen LogP contribution >= 0.6 is 0 Å². The molecule has 0 atom stereocenters. The molecule has 1 aromatic heterocycles. The summed E-state index contributed by atoms with van der Waals surface area (Å²) in [5, 5.41) is 4.07. The Labute approximate surface area is 126 Å². The Bertz CT molecular complexity index is 534. The molecular weight excluding hydrogens is 262 g/mol. The van der Waals surface area contributed by atoms with Crippen molar-refractivity contribution in [2.45, 2.75) is 46.0 Å². The van der Waals surface area contributed by atoms with E-state index >= 15 is 0 Å². The third kappa shape index (κ3) is 5.31. The molecule has 4 nitrogen and oxygen atoms in total. The Morgan fingerprint density at radius 1 is 1.05 bits per heavy atom. The van der Waals surface area contributed by atoms with Crippen molar-refractivity contribution in [1.29, 1.82) is 0 Å². The normalized spacial score (nSPS) is 11.8. The van der Waals surface area contributed by atoms with Gasteiger partial charge in [-0.1, -0.05) is 49.3 Å². The van der Waals surface area contributed by atoms with Crippen molar-refractivity contribution in [3.63, 3.8) is 0 Å². The van der Waals surface area contributed by atoms with Gasteiger partial charge in [0.2, 0.25) is 5.89 Å². The van der Waals surface area contributed by atoms with Crippen LogP contribution in [0.3, 0.4) is 0 Å². The van der Waals surface area contributed by atoms with E-state index in [1.165, 1.54) is 5.56 Å². The molecule has 21 heavy (non-hydrogen) atoms. The molecule has 0 aliphatic rings. The average Bonchev–Trinajstić information content (AvgIpc) is 2.92. The maximum absolute atomic E-state index is 5.63. The Morgan fingerprint density at radius 3 is 2.52 bits per heavy atom. The molecule has 4 heteroatoms. The topological polar surface area (TPSA) is 64.9 Å². The van der Waals surface area contributed by atoms with Crippen molar-refractivity contribution < 1.29 is 4.52 Å². The summed E-state index contributed by atoms with van der Waals surface area (Å²) >= 11 is 0. The maximum atomic E-state index is 5.63. The van der Waals surface area contributed by atoms with Crippen molar-refractivity contribution in [3.05, 3.63) is 47.6 Å². The molecule has 1 aromatic carbocycles. The number of aryl methyl sites for hydroxylation is 3. The fourth-order valence-electron chi connectivity index (χ4n) is 2.36. The van der Waals surface area contributed by atoms with E-state index in [9.17, 15) is 0 Å². The Morgan fingerprint density at radius 2 is 1.81 bits per heavy atom. The number of rotatable bonds is 8. The number of hydrogen-bond acceptors (Lipinski definition) is 4. The van der Waals surface area contributed by atoms with Gasteiger partial charge in [-0.25, -0.2) is 0 Å². The molecule has 0 saturated carbocycles. The summed E-state index contributed by atoms with van der Waals surface area (Å²) < 4.78 is 5.33. The number of aromatic nitrogens is 2. The maximum Gasteiger partial charge on any atom is 0.226 e. The van der Waals surface area contributed by atoms with Crippen LogP contribution in [0.2, 0.25) is 0 Å². The van der Waals surface area contributed by atoms with Gasteiger partial charge in [-0.15, -0.1) is 0 Å². The van der Waals surface area contributed by atoms with Crippen LogP contribution in [0.5, 0.6) is 0 Å². The number of benzene rings is 1. The molecule has 0 amide bonds. The third-order valence-corrected chi connectivity index (χ3v) is 3.83. The third-order valence-electron chi connectivity index (χ3n) is 3.83. The zero-order valence-corrected chi connectivity index (χ0v) is 13.0. The monoisotopic (exact) mass is 287 g/mol. The molecular formula is C17H25N3O. The van der Waals surface area contributed by atoms with Crippen molar-refractivity contribution in [2.24, 2.45) is 11.1 Å². The second kappa shape index (κ2) is 7.36. The number of nitrogens with two attached hydrogens (primary N) is 1. The summed E-state index contributed by atoms with van der Waals surface area (Å²) in [5.41, 5.74) is 7.16. The molecule has 0 unspecified atom stereocenters. The molecule has 2 N–H and O–H groups in total. The molecule has 1 heterocycles. The Balaban J connectivity index is 1.81. The van der Waals surface area contributed by atoms with Crippen molar-refractivity contribution in [1.82, 2.24) is 10.1 Å². The van der Waals surface area contributed by atoms with E-state index in [-0.39, 0.29) is 5.41 Å². The van der Waals surface area contributed by atoms with Gasteiger partial charge in [-0.2, -0.15) is 4.98 Å². The van der Waals surface area contributed by atoms with Gasteiger partial charge < -0.3 is 10.3 Å². The SMILES string of the molecule is CC(C)(CCN)CCc1nc(CCc2ccccc2)no1. The van der Waals surface area contributed by atoms with Gasteiger partial charge in [0.05, 0.1) is 0 Å². The molecule has 114 valence electrons. The average molecular weight is 287 g/mol. The van der Waals surface area contributed by atoms with Gasteiger partial charge in [-0.05, 0) is 36.8 Å². The molecule has 0 radical (unpaired) electrons. The van der Waals surface area contributed by atoms with Gasteiger partial charge in [0.25, 0.3) is 0 Å². The fourth-order valence-corrected chi connectivity index (χ4v) is 2.36. The number of nitrogens with zero attached hydrogens (tertiary/aromatic N) is 2. The summed E-state index contributed by atoms with van der Waals surface area (Å²) in [6.45, 7) is 5.18. The summed E-state index contributed by atoms with van der Waals surface area (Å²) in [6, 6.07) is 10.4. The minimum atomic E-state index is 0.230. The van der Waals surface area contributed by atoms with Crippen molar-refractivity contribution in [3.8, 4) is 0 Å². The molecule has 2 rings (SSSR count). The van der Waals surface area contributed by atoms with E-state index in [0.717, 1.165) is 50.4 Å². The second-order valence-electron chi connectivity index (χ2n) is 6.29. The van der Waals surface area contributed by atoms with Crippen LogP contribution in [0.15, 0.2) is 34.9 Å². The van der Waals surface area contributed by atoms with Gasteiger partial charge in [-0.3, -0.25) is 0 Å². The highest BCUT2D eigenvalue weighted by Gasteiger charge is 2.18. The van der Waals surface area contributed by atoms with E-state index in [2.05, 4.69) is 48.3 Å². The highest BCUT2D eigenvalue weighted by atomic mass is 16.5. The lowest BCUT2D eigenvalue weighted by atomic mass is 9.84. The van der Waals surface area contributed by atoms with Crippen LogP contribution < -0.4 is 5.73 Å². The first-order valence-corrected chi connectivity index (χ1v) is 7.64. The summed E-state index contributed by atoms with van der Waals surface area (Å²) in [7, 11) is 0. The standard InChI is InChI=1S/C17H25N3O/c1-17(2,12-13-18)11-10-16-19-15(20-21-16)9-8-14-6-4-3-5-7-14/h3-7H,8-13,18H2,1-2H3. The van der Waals surface area contributed by atoms with Crippen LogP contribution in [0.25, 0.3) is 0 Å². The van der Waals surface area contributed by atoms with E-state index < -0.39 is 0 Å². The first kappa shape index (κ1) is 15.7. The molecule has 0 bridgehead atoms. The van der Waals surface area contributed by atoms with Crippen LogP contribution in [-0.2, 0) is 19.3 Å². The van der Waals surface area contributed by atoms with Gasteiger partial charge in [0, 0.05) is 12.8 Å². The Hall–Kier alpha value is -1.68. The zero-order chi connectivity index (χ0) is 15.1. The zero-order valence-electron chi connectivity index (χ0n) is 13.0. The molecule has 2 aromatic rings. The molecule has 0 saturated heterocycles. The fraction of sp³-hybridized carbons (Fsp3) is 0.529. The van der Waals surface area contributed by atoms with Gasteiger partial charge in [0.1, 0.15) is 0 Å². The van der Waals surface area contributed by atoms with Crippen LogP contribution in [0.1, 0.15) is 44.0 Å². The summed E-state index contributed by atoms with van der Waals surface area (Å²) in [4.78, 5) is 4.48. The van der Waals surface area contributed by atoms with Crippen LogP contribution in [0.4, 0.5) is 0 Å². The van der Waals surface area contributed by atoms with Crippen molar-refractivity contribution in [2.75, 3.05) is 6.54 Å². The Kier molecular flexibility index (Phi) is 5.51. The predicted octanol–water partition coefficient (Wildman–Crippen LogP) is 3.16. The number of hydrogen-bond donors (Lipinski definition) is 1. The summed E-state index contributed by atoms with van der Waals surface area (Å²) in [5.74, 6) is 1.54. The minimum absolute atomic E-state index is 0.230. The minimum Gasteiger partial charge on any atom is -0.339 e. The summed E-state index contributed by atoms with van der Waals surface area (Å²) in [6.07, 6.45) is 4.62. The van der Waals surface area contributed by atoms with Gasteiger partial charge >= 0.3 is 0 Å². The van der Waals surface area contributed by atoms with E-state index in [1.807, 2.05) is 6.07 Å². The quantitative estimate of drug-likeness (QED) is 0.810. The smallest absolute Gasteiger partial charge is 0.226 e. The lowest BCUT2D eigenvalue weighted by Gasteiger charge is -2.22. The predicted molar refractivity (Wildman–Crippen MR) is 83.9 cm³/mol. The molecule has 0 spiro atoms. The molecule has 0 aliphatic heterocycles. The van der Waals surface area contributed by atoms with Crippen LogP contribution in [0, 0.1) is 5.41 Å². The lowest BCUT2D eigenvalue weighted by Crippen LogP contribution is -2.17. The van der Waals surface area contributed by atoms with E-state index in [4.69, 9.17) is 10.3 Å². The second-order valence-corrected chi connectivity index (χ2v) is 6.29. The molecule has 0 fully saturated rings. The van der Waals surface area contributed by atoms with Crippen LogP contribution in [-0.4, -0.2) is 16.7 Å². The van der Waals surface area contributed by atoms with Gasteiger partial charge in [0.15, 0.2) is 5.82 Å². The van der Waals surface area contributed by atoms with E-state index in [1.54, 1.807) is 0 Å². The van der Waals surface area contributed by atoms with Crippen molar-refractivity contribution >= 4 is 0 Å². The first-order chi connectivity index (χ1) is 10.1. The highest BCUT2D eigenvalue weighted by Crippen LogP contribution is 2.25. The highest BCUT2D eigenvalue weighted by molar-refractivity contribution is 5.15. The lowest BCUT2D eigenvalue weighted by molar-refractivity contribution is 0.288. The molecule has 0 aliphatic carbocycles. The first-order valence-electron chi connectivity index (χ1n) is 7.64.